The summed E-state index contributed by atoms with van der Waals surface area (Å²) in [7, 11) is 0. The third-order valence-electron chi connectivity index (χ3n) is 2.35. The highest BCUT2D eigenvalue weighted by Crippen LogP contribution is 2.33. The Labute approximate surface area is 121 Å². The van der Waals surface area contributed by atoms with Crippen LogP contribution in [0, 0.1) is 17.0 Å². The van der Waals surface area contributed by atoms with Gasteiger partial charge in [-0.3, -0.25) is 5.41 Å². The lowest BCUT2D eigenvalue weighted by molar-refractivity contribution is 0.506. The summed E-state index contributed by atoms with van der Waals surface area (Å²) in [5.74, 6) is -1.85. The fourth-order valence-electron chi connectivity index (χ4n) is 1.47. The van der Waals surface area contributed by atoms with E-state index in [1.54, 1.807) is 18.2 Å². The van der Waals surface area contributed by atoms with Gasteiger partial charge in [-0.2, -0.15) is 0 Å². The normalized spacial score (nSPS) is 10.5. The Morgan fingerprint density at radius 2 is 1.84 bits per heavy atom. The fraction of sp³-hybridized carbons (Fsp3) is 0. The smallest absolute Gasteiger partial charge is 0.159 e. The molecule has 0 radical (unpaired) electrons. The Kier molecular flexibility index (Phi) is 4.21. The van der Waals surface area contributed by atoms with Gasteiger partial charge < -0.3 is 5.73 Å². The number of nitrogens with two attached hydrogens (primary N) is 1. The molecule has 2 rings (SSSR count). The van der Waals surface area contributed by atoms with Crippen LogP contribution >= 0.6 is 27.7 Å². The first-order valence-corrected chi connectivity index (χ1v) is 6.85. The van der Waals surface area contributed by atoms with Gasteiger partial charge in [-0.05, 0) is 36.4 Å². The Hall–Kier alpha value is -1.40. The van der Waals surface area contributed by atoms with Crippen molar-refractivity contribution < 1.29 is 8.78 Å². The van der Waals surface area contributed by atoms with Crippen LogP contribution in [0.1, 0.15) is 5.56 Å². The van der Waals surface area contributed by atoms with Crippen LogP contribution in [0.2, 0.25) is 0 Å². The Morgan fingerprint density at radius 3 is 2.47 bits per heavy atom. The number of amidine groups is 1. The lowest BCUT2D eigenvalue weighted by Crippen LogP contribution is -2.12. The van der Waals surface area contributed by atoms with Crippen molar-refractivity contribution >= 4 is 33.5 Å². The lowest BCUT2D eigenvalue weighted by Gasteiger charge is -2.08. The first-order chi connectivity index (χ1) is 8.97. The van der Waals surface area contributed by atoms with Crippen LogP contribution in [0.15, 0.2) is 50.7 Å². The molecule has 2 nitrogen and oxygen atoms in total. The number of nitrogens with one attached hydrogen (secondary N) is 1. The first kappa shape index (κ1) is 14.0. The van der Waals surface area contributed by atoms with Gasteiger partial charge >= 0.3 is 0 Å². The molecule has 0 aliphatic heterocycles. The number of halogens is 3. The predicted molar refractivity (Wildman–Crippen MR) is 75.6 cm³/mol. The fourth-order valence-corrected chi connectivity index (χ4v) is 3.01. The maximum atomic E-state index is 13.2. The van der Waals surface area contributed by atoms with Gasteiger partial charge in [0, 0.05) is 19.8 Å². The molecule has 2 aromatic rings. The van der Waals surface area contributed by atoms with E-state index in [1.807, 2.05) is 0 Å². The van der Waals surface area contributed by atoms with Crippen LogP contribution in [0.5, 0.6) is 0 Å². The molecule has 0 atom stereocenters. The number of benzene rings is 2. The van der Waals surface area contributed by atoms with Crippen LogP contribution in [0.3, 0.4) is 0 Å². The topological polar surface area (TPSA) is 49.9 Å². The van der Waals surface area contributed by atoms with Crippen molar-refractivity contribution in [3.05, 3.63) is 58.1 Å². The minimum atomic E-state index is -0.899. The molecule has 6 heteroatoms. The van der Waals surface area contributed by atoms with Crippen LogP contribution in [-0.2, 0) is 0 Å². The number of rotatable bonds is 3. The summed E-state index contributed by atoms with van der Waals surface area (Å²) in [6.07, 6.45) is 0. The van der Waals surface area contributed by atoms with Crippen molar-refractivity contribution in [2.24, 2.45) is 5.73 Å². The van der Waals surface area contributed by atoms with Crippen molar-refractivity contribution in [3.8, 4) is 0 Å². The maximum Gasteiger partial charge on any atom is 0.159 e. The number of hydrogen-bond acceptors (Lipinski definition) is 2. The highest BCUT2D eigenvalue weighted by molar-refractivity contribution is 9.10. The van der Waals surface area contributed by atoms with Gasteiger partial charge in [0.15, 0.2) is 11.6 Å². The summed E-state index contributed by atoms with van der Waals surface area (Å²) >= 11 is 4.55. The summed E-state index contributed by atoms with van der Waals surface area (Å²) in [5, 5.41) is 7.50. The van der Waals surface area contributed by atoms with Gasteiger partial charge in [0.2, 0.25) is 0 Å². The van der Waals surface area contributed by atoms with Gasteiger partial charge in [-0.25, -0.2) is 8.78 Å². The first-order valence-electron chi connectivity index (χ1n) is 5.24. The molecule has 98 valence electrons. The van der Waals surface area contributed by atoms with Crippen molar-refractivity contribution in [3.63, 3.8) is 0 Å². The molecule has 0 aliphatic carbocycles. The molecule has 0 heterocycles. The predicted octanol–water partition coefficient (Wildman–Crippen LogP) is 4.16. The molecule has 3 N–H and O–H groups in total. The van der Waals surface area contributed by atoms with Crippen molar-refractivity contribution in [1.82, 2.24) is 0 Å². The average Bonchev–Trinajstić information content (AvgIpc) is 2.33. The van der Waals surface area contributed by atoms with E-state index in [2.05, 4.69) is 15.9 Å². The van der Waals surface area contributed by atoms with E-state index in [-0.39, 0.29) is 5.84 Å². The highest BCUT2D eigenvalue weighted by atomic mass is 79.9. The number of nitrogen functional groups attached to an aromatic ring is 1. The standard InChI is InChI=1S/C13H9BrF2N2S/c14-7-1-3-9(13(17)18)12(5-7)19-8-2-4-10(15)11(16)6-8/h1-6H,(H3,17,18). The van der Waals surface area contributed by atoms with E-state index in [0.29, 0.717) is 15.4 Å². The maximum absolute atomic E-state index is 13.2. The van der Waals surface area contributed by atoms with E-state index in [0.717, 1.165) is 16.6 Å². The van der Waals surface area contributed by atoms with Crippen molar-refractivity contribution in [2.45, 2.75) is 9.79 Å². The Morgan fingerprint density at radius 1 is 1.11 bits per heavy atom. The molecule has 0 aromatic heterocycles. The number of hydrogen-bond donors (Lipinski definition) is 2. The van der Waals surface area contributed by atoms with Gasteiger partial charge in [0.1, 0.15) is 5.84 Å². The largest absolute Gasteiger partial charge is 0.384 e. The monoisotopic (exact) mass is 342 g/mol. The molecular weight excluding hydrogens is 334 g/mol. The van der Waals surface area contributed by atoms with Crippen molar-refractivity contribution in [2.75, 3.05) is 0 Å². The van der Waals surface area contributed by atoms with E-state index in [1.165, 1.54) is 17.8 Å². The van der Waals surface area contributed by atoms with E-state index < -0.39 is 11.6 Å². The lowest BCUT2D eigenvalue weighted by atomic mass is 10.2. The van der Waals surface area contributed by atoms with E-state index in [4.69, 9.17) is 11.1 Å². The van der Waals surface area contributed by atoms with Gasteiger partial charge in [-0.1, -0.05) is 27.7 Å². The zero-order valence-corrected chi connectivity index (χ0v) is 12.0. The summed E-state index contributed by atoms with van der Waals surface area (Å²) < 4.78 is 26.8. The zero-order valence-electron chi connectivity index (χ0n) is 9.58. The summed E-state index contributed by atoms with van der Waals surface area (Å²) in [6.45, 7) is 0. The molecule has 0 saturated carbocycles. The quantitative estimate of drug-likeness (QED) is 0.649. The van der Waals surface area contributed by atoms with Crippen molar-refractivity contribution in [1.29, 1.82) is 5.41 Å². The third-order valence-corrected chi connectivity index (χ3v) is 3.89. The molecule has 0 saturated heterocycles. The molecule has 0 bridgehead atoms. The van der Waals surface area contributed by atoms with Crippen LogP contribution in [0.4, 0.5) is 8.78 Å². The summed E-state index contributed by atoms with van der Waals surface area (Å²) in [6, 6.07) is 8.92. The van der Waals surface area contributed by atoms with Gasteiger partial charge in [-0.15, -0.1) is 0 Å². The van der Waals surface area contributed by atoms with Gasteiger partial charge in [0.25, 0.3) is 0 Å². The minimum absolute atomic E-state index is 0.0717. The molecule has 0 fully saturated rings. The average molecular weight is 343 g/mol. The Bertz CT molecular complexity index is 647. The second-order valence-corrected chi connectivity index (χ2v) is 5.76. The molecule has 0 aliphatic rings. The van der Waals surface area contributed by atoms with Gasteiger partial charge in [0.05, 0.1) is 0 Å². The summed E-state index contributed by atoms with van der Waals surface area (Å²) in [5.41, 5.74) is 6.05. The second-order valence-electron chi connectivity index (χ2n) is 3.73. The Balaban J connectivity index is 2.39. The molecule has 0 amide bonds. The molecule has 0 unspecified atom stereocenters. The third kappa shape index (κ3) is 3.33. The molecule has 2 aromatic carbocycles. The highest BCUT2D eigenvalue weighted by Gasteiger charge is 2.10. The molecule has 19 heavy (non-hydrogen) atoms. The molecular formula is C13H9BrF2N2S. The van der Waals surface area contributed by atoms with E-state index in [9.17, 15) is 8.78 Å². The minimum Gasteiger partial charge on any atom is -0.384 e. The zero-order chi connectivity index (χ0) is 14.0. The SMILES string of the molecule is N=C(N)c1ccc(Br)cc1Sc1ccc(F)c(F)c1. The molecule has 0 spiro atoms. The second kappa shape index (κ2) is 5.71. The summed E-state index contributed by atoms with van der Waals surface area (Å²) in [4.78, 5) is 1.24. The van der Waals surface area contributed by atoms with Crippen LogP contribution in [0.25, 0.3) is 0 Å². The van der Waals surface area contributed by atoms with E-state index >= 15 is 0 Å². The van der Waals surface area contributed by atoms with Crippen LogP contribution < -0.4 is 5.73 Å². The van der Waals surface area contributed by atoms with Crippen LogP contribution in [-0.4, -0.2) is 5.84 Å².